The Morgan fingerprint density at radius 3 is 2.89 bits per heavy atom. The van der Waals surface area contributed by atoms with E-state index in [1.165, 1.54) is 37.8 Å². The van der Waals surface area contributed by atoms with Crippen LogP contribution in [-0.2, 0) is 6.42 Å². The third kappa shape index (κ3) is 2.20. The molecule has 3 heteroatoms. The van der Waals surface area contributed by atoms with Crippen molar-refractivity contribution in [1.82, 2.24) is 0 Å². The molecular formula is C16H22NO2+. The fraction of sp³-hybridized carbons (Fsp3) is 0.625. The second kappa shape index (κ2) is 4.71. The van der Waals surface area contributed by atoms with E-state index in [4.69, 9.17) is 9.47 Å². The van der Waals surface area contributed by atoms with Gasteiger partial charge >= 0.3 is 0 Å². The molecule has 19 heavy (non-hydrogen) atoms. The topological polar surface area (TPSA) is 35.1 Å². The summed E-state index contributed by atoms with van der Waals surface area (Å²) in [4.78, 5) is 0. The van der Waals surface area contributed by atoms with Gasteiger partial charge in [-0.1, -0.05) is 6.07 Å². The van der Waals surface area contributed by atoms with Crippen molar-refractivity contribution in [3.63, 3.8) is 0 Å². The number of ether oxygens (including phenoxy) is 2. The Morgan fingerprint density at radius 1 is 1.11 bits per heavy atom. The second-order valence-electron chi connectivity index (χ2n) is 6.30. The van der Waals surface area contributed by atoms with Crippen molar-refractivity contribution in [1.29, 1.82) is 0 Å². The summed E-state index contributed by atoms with van der Waals surface area (Å²) in [6.45, 7) is 1.57. The first-order valence-electron chi connectivity index (χ1n) is 7.60. The van der Waals surface area contributed by atoms with E-state index in [0.717, 1.165) is 35.8 Å². The molecule has 1 heterocycles. The minimum absolute atomic E-state index is 0.371. The summed E-state index contributed by atoms with van der Waals surface area (Å²) in [6, 6.07) is 7.25. The molecule has 2 bridgehead atoms. The van der Waals surface area contributed by atoms with Gasteiger partial charge in [0.2, 0.25) is 6.79 Å². The molecule has 2 saturated carbocycles. The SMILES string of the molecule is c1cc2c(cc1CC[NH2+][C@H]1C[C@H]3CC[C@@H]1C3)OCO2. The van der Waals surface area contributed by atoms with Gasteiger partial charge in [0.1, 0.15) is 0 Å². The van der Waals surface area contributed by atoms with Crippen LogP contribution >= 0.6 is 0 Å². The van der Waals surface area contributed by atoms with Crippen LogP contribution in [-0.4, -0.2) is 19.4 Å². The number of benzene rings is 1. The first-order valence-corrected chi connectivity index (χ1v) is 7.60. The lowest BCUT2D eigenvalue weighted by atomic mass is 9.95. The van der Waals surface area contributed by atoms with Crippen LogP contribution in [0, 0.1) is 11.8 Å². The Bertz CT molecular complexity index is 474. The zero-order valence-corrected chi connectivity index (χ0v) is 11.3. The Morgan fingerprint density at radius 2 is 2.05 bits per heavy atom. The monoisotopic (exact) mass is 260 g/mol. The van der Waals surface area contributed by atoms with Gasteiger partial charge in [-0.15, -0.1) is 0 Å². The zero-order chi connectivity index (χ0) is 12.7. The van der Waals surface area contributed by atoms with Crippen LogP contribution in [0.1, 0.15) is 31.2 Å². The summed E-state index contributed by atoms with van der Waals surface area (Å²) < 4.78 is 10.8. The molecule has 4 rings (SSSR count). The van der Waals surface area contributed by atoms with Crippen molar-refractivity contribution < 1.29 is 14.8 Å². The van der Waals surface area contributed by atoms with Crippen molar-refractivity contribution in [3.8, 4) is 11.5 Å². The van der Waals surface area contributed by atoms with Gasteiger partial charge in [-0.05, 0) is 42.9 Å². The normalized spacial score (nSPS) is 31.1. The number of hydrogen-bond acceptors (Lipinski definition) is 2. The molecule has 0 amide bonds. The smallest absolute Gasteiger partial charge is 0.231 e. The first-order chi connectivity index (χ1) is 9.38. The van der Waals surface area contributed by atoms with E-state index >= 15 is 0 Å². The summed E-state index contributed by atoms with van der Waals surface area (Å²) in [5.74, 6) is 3.87. The van der Waals surface area contributed by atoms with Crippen LogP contribution in [0.4, 0.5) is 0 Å². The molecule has 0 aromatic heterocycles. The molecule has 3 nitrogen and oxygen atoms in total. The van der Waals surface area contributed by atoms with Crippen molar-refractivity contribution in [3.05, 3.63) is 23.8 Å². The van der Waals surface area contributed by atoms with E-state index in [1.807, 2.05) is 6.07 Å². The summed E-state index contributed by atoms with van der Waals surface area (Å²) in [5.41, 5.74) is 1.36. The van der Waals surface area contributed by atoms with Gasteiger partial charge in [0.05, 0.1) is 12.6 Å². The highest BCUT2D eigenvalue weighted by atomic mass is 16.7. The van der Waals surface area contributed by atoms with Crippen LogP contribution in [0.2, 0.25) is 0 Å². The van der Waals surface area contributed by atoms with Gasteiger partial charge in [-0.25, -0.2) is 0 Å². The predicted octanol–water partition coefficient (Wildman–Crippen LogP) is 1.71. The van der Waals surface area contributed by atoms with Gasteiger partial charge < -0.3 is 14.8 Å². The van der Waals surface area contributed by atoms with Crippen molar-refractivity contribution in [2.75, 3.05) is 13.3 Å². The average Bonchev–Trinajstić information content (AvgIpc) is 3.14. The summed E-state index contributed by atoms with van der Waals surface area (Å²) in [7, 11) is 0. The number of rotatable bonds is 4. The Labute approximate surface area is 114 Å². The molecular weight excluding hydrogens is 238 g/mol. The number of nitrogens with two attached hydrogens (primary N) is 1. The fourth-order valence-corrected chi connectivity index (χ4v) is 4.14. The molecule has 102 valence electrons. The fourth-order valence-electron chi connectivity index (χ4n) is 4.14. The minimum Gasteiger partial charge on any atom is -0.454 e. The molecule has 3 aliphatic rings. The summed E-state index contributed by atoms with van der Waals surface area (Å²) in [6.07, 6.45) is 7.08. The first kappa shape index (κ1) is 11.6. The molecule has 0 spiro atoms. The molecule has 3 atom stereocenters. The second-order valence-corrected chi connectivity index (χ2v) is 6.30. The largest absolute Gasteiger partial charge is 0.454 e. The number of hydrogen-bond donors (Lipinski definition) is 1. The van der Waals surface area contributed by atoms with E-state index < -0.39 is 0 Å². The Kier molecular flexibility index (Phi) is 2.87. The van der Waals surface area contributed by atoms with E-state index in [-0.39, 0.29) is 0 Å². The van der Waals surface area contributed by atoms with Crippen LogP contribution in [0.5, 0.6) is 11.5 Å². The maximum atomic E-state index is 5.43. The van der Waals surface area contributed by atoms with E-state index in [9.17, 15) is 0 Å². The number of fused-ring (bicyclic) bond motifs is 3. The third-order valence-electron chi connectivity index (χ3n) is 5.13. The van der Waals surface area contributed by atoms with Crippen LogP contribution in [0.3, 0.4) is 0 Å². The average molecular weight is 260 g/mol. The predicted molar refractivity (Wildman–Crippen MR) is 72.3 cm³/mol. The van der Waals surface area contributed by atoms with Crippen LogP contribution < -0.4 is 14.8 Å². The molecule has 2 N–H and O–H groups in total. The minimum atomic E-state index is 0.371. The van der Waals surface area contributed by atoms with Crippen molar-refractivity contribution >= 4 is 0 Å². The lowest BCUT2D eigenvalue weighted by Crippen LogP contribution is -2.91. The zero-order valence-electron chi connectivity index (χ0n) is 11.3. The van der Waals surface area contributed by atoms with E-state index in [1.54, 1.807) is 0 Å². The molecule has 1 aliphatic heterocycles. The molecule has 0 saturated heterocycles. The van der Waals surface area contributed by atoms with Gasteiger partial charge in [-0.3, -0.25) is 0 Å². The molecule has 0 unspecified atom stereocenters. The van der Waals surface area contributed by atoms with Crippen LogP contribution in [0.25, 0.3) is 0 Å². The highest BCUT2D eigenvalue weighted by Gasteiger charge is 2.41. The van der Waals surface area contributed by atoms with Gasteiger partial charge in [0, 0.05) is 18.8 Å². The maximum absolute atomic E-state index is 5.43. The van der Waals surface area contributed by atoms with E-state index in [2.05, 4.69) is 17.4 Å². The lowest BCUT2D eigenvalue weighted by Gasteiger charge is -2.19. The van der Waals surface area contributed by atoms with Crippen LogP contribution in [0.15, 0.2) is 18.2 Å². The lowest BCUT2D eigenvalue weighted by molar-refractivity contribution is -0.694. The Balaban J connectivity index is 1.30. The van der Waals surface area contributed by atoms with Gasteiger partial charge in [0.15, 0.2) is 11.5 Å². The highest BCUT2D eigenvalue weighted by molar-refractivity contribution is 5.44. The number of quaternary nitrogens is 1. The molecule has 2 aliphatic carbocycles. The standard InChI is InChI=1S/C16H21NO2/c1-3-13-7-12(1)8-14(13)17-6-5-11-2-4-15-16(9-11)19-10-18-15/h2,4,9,12-14,17H,1,3,5-8,10H2/p+1/t12-,13+,14-/m0/s1. The third-order valence-corrected chi connectivity index (χ3v) is 5.13. The molecule has 0 radical (unpaired) electrons. The summed E-state index contributed by atoms with van der Waals surface area (Å²) >= 11 is 0. The van der Waals surface area contributed by atoms with E-state index in [0.29, 0.717) is 6.79 Å². The van der Waals surface area contributed by atoms with Gasteiger partial charge in [0.25, 0.3) is 0 Å². The molecule has 1 aromatic carbocycles. The molecule has 2 fully saturated rings. The van der Waals surface area contributed by atoms with Crippen molar-refractivity contribution in [2.45, 2.75) is 38.1 Å². The quantitative estimate of drug-likeness (QED) is 0.894. The van der Waals surface area contributed by atoms with Gasteiger partial charge in [-0.2, -0.15) is 0 Å². The Hall–Kier alpha value is -1.22. The van der Waals surface area contributed by atoms with Crippen molar-refractivity contribution in [2.24, 2.45) is 11.8 Å². The summed E-state index contributed by atoms with van der Waals surface area (Å²) in [5, 5.41) is 2.59. The highest BCUT2D eigenvalue weighted by Crippen LogP contribution is 2.43. The maximum Gasteiger partial charge on any atom is 0.231 e. The molecule has 1 aromatic rings.